The van der Waals surface area contributed by atoms with Crippen molar-refractivity contribution in [3.63, 3.8) is 0 Å². The van der Waals surface area contributed by atoms with E-state index < -0.39 is 6.04 Å². The van der Waals surface area contributed by atoms with Gasteiger partial charge in [-0.3, -0.25) is 4.79 Å². The van der Waals surface area contributed by atoms with Crippen molar-refractivity contribution in [2.24, 2.45) is 11.7 Å². The van der Waals surface area contributed by atoms with E-state index in [1.807, 2.05) is 38.1 Å². The number of ether oxygens (including phenoxy) is 2. The Morgan fingerprint density at radius 3 is 2.65 bits per heavy atom. The molecule has 1 atom stereocenters. The summed E-state index contributed by atoms with van der Waals surface area (Å²) in [4.78, 5) is 12.2. The SMILES string of the molecule is CC(C)Oc1ccccc1CNC(=O)C(N)C1CCOCC1.Cl. The Hall–Kier alpha value is -1.30. The second-order valence-electron chi connectivity index (χ2n) is 5.97. The van der Waals surface area contributed by atoms with Crippen LogP contribution < -0.4 is 15.8 Å². The van der Waals surface area contributed by atoms with Crippen molar-refractivity contribution in [3.8, 4) is 5.75 Å². The predicted molar refractivity (Wildman–Crippen MR) is 92.8 cm³/mol. The van der Waals surface area contributed by atoms with Crippen molar-refractivity contribution in [2.75, 3.05) is 13.2 Å². The molecule has 6 heteroatoms. The minimum absolute atomic E-state index is 0. The number of carbonyl (C=O) groups is 1. The summed E-state index contributed by atoms with van der Waals surface area (Å²) >= 11 is 0. The molecule has 1 amide bonds. The van der Waals surface area contributed by atoms with Gasteiger partial charge in [-0.1, -0.05) is 18.2 Å². The molecule has 0 radical (unpaired) electrons. The van der Waals surface area contributed by atoms with Gasteiger partial charge in [0.05, 0.1) is 12.1 Å². The normalized spacial score (nSPS) is 16.5. The topological polar surface area (TPSA) is 73.6 Å². The first-order valence-electron chi connectivity index (χ1n) is 7.93. The van der Waals surface area contributed by atoms with Gasteiger partial charge in [-0.15, -0.1) is 12.4 Å². The van der Waals surface area contributed by atoms with Gasteiger partial charge in [0.2, 0.25) is 5.91 Å². The van der Waals surface area contributed by atoms with Crippen LogP contribution in [-0.2, 0) is 16.1 Å². The van der Waals surface area contributed by atoms with Crippen molar-refractivity contribution in [2.45, 2.75) is 45.4 Å². The van der Waals surface area contributed by atoms with E-state index in [0.29, 0.717) is 19.8 Å². The Balaban J connectivity index is 0.00000264. The molecule has 23 heavy (non-hydrogen) atoms. The first-order chi connectivity index (χ1) is 10.6. The third kappa shape index (κ3) is 6.01. The molecule has 1 aliphatic heterocycles. The van der Waals surface area contributed by atoms with Gasteiger partial charge in [-0.05, 0) is 38.7 Å². The number of halogens is 1. The smallest absolute Gasteiger partial charge is 0.237 e. The molecule has 0 bridgehead atoms. The number of carbonyl (C=O) groups excluding carboxylic acids is 1. The lowest BCUT2D eigenvalue weighted by atomic mass is 9.92. The molecule has 130 valence electrons. The average molecular weight is 343 g/mol. The Bertz CT molecular complexity index is 490. The van der Waals surface area contributed by atoms with Crippen LogP contribution in [0, 0.1) is 5.92 Å². The molecule has 1 aromatic carbocycles. The number of para-hydroxylation sites is 1. The molecule has 1 aromatic rings. The summed E-state index contributed by atoms with van der Waals surface area (Å²) in [6, 6.07) is 7.27. The monoisotopic (exact) mass is 342 g/mol. The third-order valence-corrected chi connectivity index (χ3v) is 3.86. The van der Waals surface area contributed by atoms with Crippen molar-refractivity contribution in [3.05, 3.63) is 29.8 Å². The van der Waals surface area contributed by atoms with Crippen molar-refractivity contribution >= 4 is 18.3 Å². The number of amides is 1. The molecular weight excluding hydrogens is 316 g/mol. The first kappa shape index (κ1) is 19.7. The number of benzene rings is 1. The third-order valence-electron chi connectivity index (χ3n) is 3.86. The lowest BCUT2D eigenvalue weighted by Crippen LogP contribution is -2.46. The molecule has 3 N–H and O–H groups in total. The second kappa shape index (κ2) is 9.75. The van der Waals surface area contributed by atoms with E-state index >= 15 is 0 Å². The zero-order valence-corrected chi connectivity index (χ0v) is 14.6. The van der Waals surface area contributed by atoms with Gasteiger partial charge in [0.1, 0.15) is 5.75 Å². The highest BCUT2D eigenvalue weighted by atomic mass is 35.5. The highest BCUT2D eigenvalue weighted by Crippen LogP contribution is 2.20. The van der Waals surface area contributed by atoms with Gasteiger partial charge in [-0.25, -0.2) is 0 Å². The molecule has 2 rings (SSSR count). The standard InChI is InChI=1S/C17H26N2O3.ClH/c1-12(2)22-15-6-4-3-5-14(15)11-19-17(20)16(18)13-7-9-21-10-8-13;/h3-6,12-13,16H,7-11,18H2,1-2H3,(H,19,20);1H. The van der Waals surface area contributed by atoms with E-state index in [9.17, 15) is 4.79 Å². The molecule has 1 unspecified atom stereocenters. The van der Waals surface area contributed by atoms with Crippen molar-refractivity contribution in [1.82, 2.24) is 5.32 Å². The summed E-state index contributed by atoms with van der Waals surface area (Å²) in [7, 11) is 0. The van der Waals surface area contributed by atoms with E-state index in [4.69, 9.17) is 15.2 Å². The lowest BCUT2D eigenvalue weighted by Gasteiger charge is -2.26. The van der Waals surface area contributed by atoms with Crippen LogP contribution in [0.3, 0.4) is 0 Å². The first-order valence-corrected chi connectivity index (χ1v) is 7.93. The zero-order chi connectivity index (χ0) is 15.9. The van der Waals surface area contributed by atoms with Crippen molar-refractivity contribution < 1.29 is 14.3 Å². The fourth-order valence-corrected chi connectivity index (χ4v) is 2.61. The number of hydrogen-bond acceptors (Lipinski definition) is 4. The Morgan fingerprint density at radius 2 is 2.00 bits per heavy atom. The van der Waals surface area contributed by atoms with E-state index in [1.54, 1.807) is 0 Å². The van der Waals surface area contributed by atoms with E-state index in [2.05, 4.69) is 5.32 Å². The van der Waals surface area contributed by atoms with Crippen LogP contribution >= 0.6 is 12.4 Å². The van der Waals surface area contributed by atoms with Crippen LogP contribution in [0.25, 0.3) is 0 Å². The van der Waals surface area contributed by atoms with Gasteiger partial charge in [0.25, 0.3) is 0 Å². The quantitative estimate of drug-likeness (QED) is 0.831. The number of nitrogens with one attached hydrogen (secondary N) is 1. The van der Waals surface area contributed by atoms with Gasteiger partial charge in [0.15, 0.2) is 0 Å². The molecule has 0 aliphatic carbocycles. The van der Waals surface area contributed by atoms with Gasteiger partial charge < -0.3 is 20.5 Å². The highest BCUT2D eigenvalue weighted by Gasteiger charge is 2.26. The molecule has 5 nitrogen and oxygen atoms in total. The van der Waals surface area contributed by atoms with Crippen LogP contribution in [0.2, 0.25) is 0 Å². The van der Waals surface area contributed by atoms with E-state index in [0.717, 1.165) is 24.2 Å². The van der Waals surface area contributed by atoms with Gasteiger partial charge in [0, 0.05) is 25.3 Å². The molecule has 1 saturated heterocycles. The second-order valence-corrected chi connectivity index (χ2v) is 5.97. The van der Waals surface area contributed by atoms with Gasteiger partial charge in [-0.2, -0.15) is 0 Å². The molecule has 1 heterocycles. The zero-order valence-electron chi connectivity index (χ0n) is 13.8. The minimum atomic E-state index is -0.470. The molecule has 0 saturated carbocycles. The van der Waals surface area contributed by atoms with Crippen LogP contribution in [0.5, 0.6) is 5.75 Å². The molecule has 1 fully saturated rings. The van der Waals surface area contributed by atoms with Crippen molar-refractivity contribution in [1.29, 1.82) is 0 Å². The summed E-state index contributed by atoms with van der Waals surface area (Å²) in [5.41, 5.74) is 7.04. The predicted octanol–water partition coefficient (Wildman–Crippen LogP) is 2.27. The Morgan fingerprint density at radius 1 is 1.35 bits per heavy atom. The van der Waals surface area contributed by atoms with Crippen LogP contribution in [0.4, 0.5) is 0 Å². The van der Waals surface area contributed by atoms with E-state index in [-0.39, 0.29) is 30.3 Å². The Kier molecular flexibility index (Phi) is 8.37. The largest absolute Gasteiger partial charge is 0.491 e. The number of rotatable bonds is 6. The number of hydrogen-bond donors (Lipinski definition) is 2. The van der Waals surface area contributed by atoms with E-state index in [1.165, 1.54) is 0 Å². The summed E-state index contributed by atoms with van der Waals surface area (Å²) in [5, 5.41) is 2.92. The molecular formula is C17H27ClN2O3. The van der Waals surface area contributed by atoms with Gasteiger partial charge >= 0.3 is 0 Å². The maximum atomic E-state index is 12.2. The average Bonchev–Trinajstić information content (AvgIpc) is 2.53. The lowest BCUT2D eigenvalue weighted by molar-refractivity contribution is -0.124. The molecule has 1 aliphatic rings. The summed E-state index contributed by atoms with van der Waals surface area (Å²) in [6.45, 7) is 5.78. The molecule has 0 aromatic heterocycles. The fourth-order valence-electron chi connectivity index (χ4n) is 2.61. The Labute approximate surface area is 144 Å². The summed E-state index contributed by atoms with van der Waals surface area (Å²) in [5.74, 6) is 0.902. The maximum Gasteiger partial charge on any atom is 0.237 e. The number of nitrogens with two attached hydrogens (primary N) is 1. The molecule has 0 spiro atoms. The summed E-state index contributed by atoms with van der Waals surface area (Å²) in [6.07, 6.45) is 1.80. The van der Waals surface area contributed by atoms with Crippen LogP contribution in [0.15, 0.2) is 24.3 Å². The highest BCUT2D eigenvalue weighted by molar-refractivity contribution is 5.85. The maximum absolute atomic E-state index is 12.2. The fraction of sp³-hybridized carbons (Fsp3) is 0.588. The van der Waals surface area contributed by atoms with Crippen LogP contribution in [0.1, 0.15) is 32.3 Å². The minimum Gasteiger partial charge on any atom is -0.491 e. The summed E-state index contributed by atoms with van der Waals surface area (Å²) < 4.78 is 11.1. The van der Waals surface area contributed by atoms with Crippen LogP contribution in [-0.4, -0.2) is 31.3 Å².